The second-order valence-corrected chi connectivity index (χ2v) is 6.52. The molecule has 2 saturated carbocycles. The fourth-order valence-electron chi connectivity index (χ4n) is 4.12. The standard InChI is InChI=1S/C16H25N3/c1-11(17)15-4-3-7-18-16(15)19(2)10-14-9-12-5-6-13(14)8-12/h3-4,7,11-14H,5-6,8-10,17H2,1-2H3. The quantitative estimate of drug-likeness (QED) is 0.904. The number of aromatic nitrogens is 1. The smallest absolute Gasteiger partial charge is 0.133 e. The van der Waals surface area contributed by atoms with Crippen LogP contribution >= 0.6 is 0 Å². The second-order valence-electron chi connectivity index (χ2n) is 6.52. The van der Waals surface area contributed by atoms with Crippen LogP contribution in [0.2, 0.25) is 0 Å². The minimum absolute atomic E-state index is 0.0474. The third-order valence-corrected chi connectivity index (χ3v) is 5.06. The van der Waals surface area contributed by atoms with E-state index in [9.17, 15) is 0 Å². The van der Waals surface area contributed by atoms with Gasteiger partial charge in [-0.1, -0.05) is 12.5 Å². The van der Waals surface area contributed by atoms with E-state index in [1.807, 2.05) is 19.2 Å². The zero-order valence-corrected chi connectivity index (χ0v) is 12.0. The molecule has 2 aliphatic rings. The first kappa shape index (κ1) is 12.9. The van der Waals surface area contributed by atoms with Gasteiger partial charge in [-0.2, -0.15) is 0 Å². The average Bonchev–Trinajstić information content (AvgIpc) is 3.01. The van der Waals surface area contributed by atoms with Gasteiger partial charge in [-0.25, -0.2) is 4.98 Å². The number of rotatable bonds is 4. The fourth-order valence-corrected chi connectivity index (χ4v) is 4.12. The number of hydrogen-bond donors (Lipinski definition) is 1. The number of fused-ring (bicyclic) bond motifs is 2. The summed E-state index contributed by atoms with van der Waals surface area (Å²) in [5.41, 5.74) is 7.21. The molecule has 0 amide bonds. The Hall–Kier alpha value is -1.09. The van der Waals surface area contributed by atoms with Crippen molar-refractivity contribution in [2.75, 3.05) is 18.5 Å². The maximum Gasteiger partial charge on any atom is 0.133 e. The third-order valence-electron chi connectivity index (χ3n) is 5.06. The van der Waals surface area contributed by atoms with Crippen LogP contribution in [0.25, 0.3) is 0 Å². The lowest BCUT2D eigenvalue weighted by Gasteiger charge is -2.29. The van der Waals surface area contributed by atoms with Gasteiger partial charge in [0.2, 0.25) is 0 Å². The third kappa shape index (κ3) is 2.48. The Morgan fingerprint density at radius 2 is 2.26 bits per heavy atom. The molecule has 19 heavy (non-hydrogen) atoms. The summed E-state index contributed by atoms with van der Waals surface area (Å²) >= 11 is 0. The van der Waals surface area contributed by atoms with Gasteiger partial charge in [0.15, 0.2) is 0 Å². The Labute approximate surface area is 116 Å². The van der Waals surface area contributed by atoms with Gasteiger partial charge >= 0.3 is 0 Å². The highest BCUT2D eigenvalue weighted by molar-refractivity contribution is 5.47. The van der Waals surface area contributed by atoms with Crippen LogP contribution in [-0.2, 0) is 0 Å². The van der Waals surface area contributed by atoms with Crippen molar-refractivity contribution in [3.63, 3.8) is 0 Å². The summed E-state index contributed by atoms with van der Waals surface area (Å²) in [6.07, 6.45) is 7.69. The van der Waals surface area contributed by atoms with E-state index in [1.54, 1.807) is 0 Å². The summed E-state index contributed by atoms with van der Waals surface area (Å²) in [7, 11) is 2.17. The predicted molar refractivity (Wildman–Crippen MR) is 79.0 cm³/mol. The highest BCUT2D eigenvalue weighted by atomic mass is 15.2. The molecule has 3 rings (SSSR count). The summed E-state index contributed by atoms with van der Waals surface area (Å²) < 4.78 is 0. The first-order valence-corrected chi connectivity index (χ1v) is 7.56. The number of hydrogen-bond acceptors (Lipinski definition) is 3. The summed E-state index contributed by atoms with van der Waals surface area (Å²) in [4.78, 5) is 6.87. The van der Waals surface area contributed by atoms with Crippen molar-refractivity contribution in [2.45, 2.75) is 38.6 Å². The molecule has 0 aliphatic heterocycles. The van der Waals surface area contributed by atoms with Gasteiger partial charge in [0.25, 0.3) is 0 Å². The lowest BCUT2D eigenvalue weighted by molar-refractivity contribution is 0.337. The molecule has 4 unspecified atom stereocenters. The van der Waals surface area contributed by atoms with Crippen molar-refractivity contribution in [2.24, 2.45) is 23.5 Å². The Morgan fingerprint density at radius 3 is 2.89 bits per heavy atom. The van der Waals surface area contributed by atoms with Crippen LogP contribution < -0.4 is 10.6 Å². The van der Waals surface area contributed by atoms with Crippen LogP contribution in [0.1, 0.15) is 44.2 Å². The minimum Gasteiger partial charge on any atom is -0.359 e. The van der Waals surface area contributed by atoms with E-state index in [0.717, 1.165) is 35.7 Å². The first-order valence-electron chi connectivity index (χ1n) is 7.56. The highest BCUT2D eigenvalue weighted by Crippen LogP contribution is 2.48. The van der Waals surface area contributed by atoms with Crippen LogP contribution in [0.3, 0.4) is 0 Å². The molecule has 0 saturated heterocycles. The van der Waals surface area contributed by atoms with Gasteiger partial charge < -0.3 is 10.6 Å². The van der Waals surface area contributed by atoms with Crippen molar-refractivity contribution in [3.05, 3.63) is 23.9 Å². The number of pyridine rings is 1. The molecule has 104 valence electrons. The van der Waals surface area contributed by atoms with Crippen molar-refractivity contribution in [1.29, 1.82) is 0 Å². The Bertz CT molecular complexity index is 443. The lowest BCUT2D eigenvalue weighted by Crippen LogP contribution is -2.30. The van der Waals surface area contributed by atoms with E-state index in [0.29, 0.717) is 0 Å². The van der Waals surface area contributed by atoms with E-state index >= 15 is 0 Å². The maximum atomic E-state index is 6.05. The molecule has 2 bridgehead atoms. The summed E-state index contributed by atoms with van der Waals surface area (Å²) in [5, 5.41) is 0. The zero-order chi connectivity index (χ0) is 13.4. The Morgan fingerprint density at radius 1 is 1.42 bits per heavy atom. The van der Waals surface area contributed by atoms with Crippen LogP contribution in [0.4, 0.5) is 5.82 Å². The van der Waals surface area contributed by atoms with Gasteiger partial charge in [0.05, 0.1) is 0 Å². The van der Waals surface area contributed by atoms with Crippen LogP contribution in [0.15, 0.2) is 18.3 Å². The van der Waals surface area contributed by atoms with E-state index in [-0.39, 0.29) is 6.04 Å². The van der Waals surface area contributed by atoms with Gasteiger partial charge in [-0.15, -0.1) is 0 Å². The lowest BCUT2D eigenvalue weighted by atomic mass is 9.88. The molecule has 4 atom stereocenters. The molecule has 3 heteroatoms. The van der Waals surface area contributed by atoms with Crippen LogP contribution in [-0.4, -0.2) is 18.6 Å². The minimum atomic E-state index is 0.0474. The van der Waals surface area contributed by atoms with Gasteiger partial charge in [-0.3, -0.25) is 0 Å². The van der Waals surface area contributed by atoms with Gasteiger partial charge in [0, 0.05) is 31.4 Å². The number of anilines is 1. The van der Waals surface area contributed by atoms with E-state index < -0.39 is 0 Å². The van der Waals surface area contributed by atoms with Crippen molar-refractivity contribution in [1.82, 2.24) is 4.98 Å². The molecule has 1 aromatic rings. The Balaban J connectivity index is 1.72. The Kier molecular flexibility index (Phi) is 3.48. The molecule has 0 radical (unpaired) electrons. The number of nitrogens with two attached hydrogens (primary N) is 1. The molecule has 0 spiro atoms. The first-order chi connectivity index (χ1) is 9.15. The normalized spacial score (nSPS) is 30.6. The molecular formula is C16H25N3. The molecule has 0 aromatic carbocycles. The molecule has 1 heterocycles. The predicted octanol–water partition coefficient (Wildman–Crippen LogP) is 2.97. The van der Waals surface area contributed by atoms with Crippen molar-refractivity contribution >= 4 is 5.82 Å². The molecule has 2 N–H and O–H groups in total. The second kappa shape index (κ2) is 5.12. The zero-order valence-electron chi connectivity index (χ0n) is 12.0. The van der Waals surface area contributed by atoms with Gasteiger partial charge in [-0.05, 0) is 50.0 Å². The van der Waals surface area contributed by atoms with Crippen LogP contribution in [0.5, 0.6) is 0 Å². The molecule has 3 nitrogen and oxygen atoms in total. The summed E-state index contributed by atoms with van der Waals surface area (Å²) in [6.45, 7) is 3.17. The topological polar surface area (TPSA) is 42.1 Å². The SMILES string of the molecule is CC(N)c1cccnc1N(C)CC1CC2CCC1C2. The highest BCUT2D eigenvalue weighted by Gasteiger charge is 2.39. The monoisotopic (exact) mass is 259 g/mol. The maximum absolute atomic E-state index is 6.05. The molecule has 1 aromatic heterocycles. The van der Waals surface area contributed by atoms with Gasteiger partial charge in [0.1, 0.15) is 5.82 Å². The summed E-state index contributed by atoms with van der Waals surface area (Å²) in [5.74, 6) is 3.92. The molecular weight excluding hydrogens is 234 g/mol. The van der Waals surface area contributed by atoms with Crippen LogP contribution in [0, 0.1) is 17.8 Å². The van der Waals surface area contributed by atoms with Crippen molar-refractivity contribution in [3.8, 4) is 0 Å². The largest absolute Gasteiger partial charge is 0.359 e. The molecule has 2 fully saturated rings. The fraction of sp³-hybridized carbons (Fsp3) is 0.688. The van der Waals surface area contributed by atoms with E-state index in [1.165, 1.54) is 25.7 Å². The molecule has 2 aliphatic carbocycles. The van der Waals surface area contributed by atoms with Crippen molar-refractivity contribution < 1.29 is 0 Å². The number of nitrogens with zero attached hydrogens (tertiary/aromatic N) is 2. The summed E-state index contributed by atoms with van der Waals surface area (Å²) in [6, 6.07) is 4.13. The van der Waals surface area contributed by atoms with E-state index in [2.05, 4.69) is 23.0 Å². The van der Waals surface area contributed by atoms with E-state index in [4.69, 9.17) is 5.73 Å². The average molecular weight is 259 g/mol.